The van der Waals surface area contributed by atoms with Crippen molar-refractivity contribution in [1.29, 1.82) is 0 Å². The standard InChI is InChI=1S/C11H21F2NO/c1-3-5-9-8-11(10(12)13,14-4-2)6-7-15-9/h9-10,14H,3-8H2,1-2H3. The molecule has 0 aromatic carbocycles. The molecule has 0 aliphatic carbocycles. The van der Waals surface area contributed by atoms with Crippen LogP contribution in [0.2, 0.25) is 0 Å². The molecule has 1 aliphatic rings. The van der Waals surface area contributed by atoms with Crippen molar-refractivity contribution in [3.8, 4) is 0 Å². The van der Waals surface area contributed by atoms with Gasteiger partial charge in [0, 0.05) is 6.61 Å². The summed E-state index contributed by atoms with van der Waals surface area (Å²) in [7, 11) is 0. The molecule has 15 heavy (non-hydrogen) atoms. The molecule has 2 nitrogen and oxygen atoms in total. The predicted octanol–water partition coefficient (Wildman–Crippen LogP) is 2.58. The zero-order valence-corrected chi connectivity index (χ0v) is 9.56. The number of hydrogen-bond acceptors (Lipinski definition) is 2. The minimum absolute atomic E-state index is 0.00296. The highest BCUT2D eigenvalue weighted by Crippen LogP contribution is 2.32. The SMILES string of the molecule is CCCC1CC(NCC)(C(F)F)CCO1. The quantitative estimate of drug-likeness (QED) is 0.770. The molecular weight excluding hydrogens is 200 g/mol. The number of ether oxygens (including phenoxy) is 1. The Labute approximate surface area is 90.4 Å². The summed E-state index contributed by atoms with van der Waals surface area (Å²) < 4.78 is 31.6. The monoisotopic (exact) mass is 221 g/mol. The Morgan fingerprint density at radius 1 is 1.47 bits per heavy atom. The molecule has 1 saturated heterocycles. The Morgan fingerprint density at radius 3 is 2.73 bits per heavy atom. The third-order valence-corrected chi connectivity index (χ3v) is 3.05. The Bertz CT molecular complexity index is 183. The topological polar surface area (TPSA) is 21.3 Å². The number of halogens is 2. The molecule has 2 unspecified atom stereocenters. The highest BCUT2D eigenvalue weighted by Gasteiger charge is 2.43. The summed E-state index contributed by atoms with van der Waals surface area (Å²) >= 11 is 0. The minimum atomic E-state index is -2.30. The van der Waals surface area contributed by atoms with Crippen LogP contribution in [0.5, 0.6) is 0 Å². The normalized spacial score (nSPS) is 32.2. The van der Waals surface area contributed by atoms with Crippen LogP contribution >= 0.6 is 0 Å². The zero-order chi connectivity index (χ0) is 11.3. The van der Waals surface area contributed by atoms with Crippen molar-refractivity contribution in [3.05, 3.63) is 0 Å². The average Bonchev–Trinajstić information content (AvgIpc) is 2.19. The highest BCUT2D eigenvalue weighted by atomic mass is 19.3. The Kier molecular flexibility index (Phi) is 4.93. The second kappa shape index (κ2) is 5.75. The molecule has 1 rings (SSSR count). The van der Waals surface area contributed by atoms with Crippen molar-refractivity contribution in [3.63, 3.8) is 0 Å². The van der Waals surface area contributed by atoms with Gasteiger partial charge in [-0.05, 0) is 25.8 Å². The van der Waals surface area contributed by atoms with Gasteiger partial charge in [-0.15, -0.1) is 0 Å². The lowest BCUT2D eigenvalue weighted by Crippen LogP contribution is -2.56. The van der Waals surface area contributed by atoms with Gasteiger partial charge < -0.3 is 10.1 Å². The van der Waals surface area contributed by atoms with Gasteiger partial charge in [0.25, 0.3) is 6.43 Å². The molecule has 1 heterocycles. The van der Waals surface area contributed by atoms with Crippen molar-refractivity contribution in [2.75, 3.05) is 13.2 Å². The van der Waals surface area contributed by atoms with Crippen LogP contribution in [-0.2, 0) is 4.74 Å². The Morgan fingerprint density at radius 2 is 2.20 bits per heavy atom. The van der Waals surface area contributed by atoms with Crippen LogP contribution < -0.4 is 5.32 Å². The number of hydrogen-bond donors (Lipinski definition) is 1. The molecule has 2 atom stereocenters. The summed E-state index contributed by atoms with van der Waals surface area (Å²) in [5, 5.41) is 2.96. The van der Waals surface area contributed by atoms with Crippen molar-refractivity contribution >= 4 is 0 Å². The maximum absolute atomic E-state index is 13.1. The van der Waals surface area contributed by atoms with Crippen molar-refractivity contribution in [2.24, 2.45) is 0 Å². The van der Waals surface area contributed by atoms with E-state index in [9.17, 15) is 8.78 Å². The molecule has 0 amide bonds. The molecule has 0 spiro atoms. The van der Waals surface area contributed by atoms with Gasteiger partial charge in [-0.3, -0.25) is 0 Å². The third-order valence-electron chi connectivity index (χ3n) is 3.05. The van der Waals surface area contributed by atoms with Crippen LogP contribution in [0.15, 0.2) is 0 Å². The number of nitrogens with one attached hydrogen (secondary N) is 1. The molecule has 0 radical (unpaired) electrons. The first-order chi connectivity index (χ1) is 7.14. The van der Waals surface area contributed by atoms with Crippen LogP contribution in [0.1, 0.15) is 39.5 Å². The Hall–Kier alpha value is -0.220. The highest BCUT2D eigenvalue weighted by molar-refractivity contribution is 4.95. The van der Waals surface area contributed by atoms with E-state index in [2.05, 4.69) is 12.2 Å². The molecule has 90 valence electrons. The van der Waals surface area contributed by atoms with Crippen LogP contribution in [-0.4, -0.2) is 31.2 Å². The fraction of sp³-hybridized carbons (Fsp3) is 1.00. The van der Waals surface area contributed by atoms with Gasteiger partial charge in [0.15, 0.2) is 0 Å². The lowest BCUT2D eigenvalue weighted by Gasteiger charge is -2.41. The molecule has 1 N–H and O–H groups in total. The largest absolute Gasteiger partial charge is 0.378 e. The fourth-order valence-electron chi connectivity index (χ4n) is 2.27. The minimum Gasteiger partial charge on any atom is -0.378 e. The maximum Gasteiger partial charge on any atom is 0.256 e. The van der Waals surface area contributed by atoms with Gasteiger partial charge in [-0.25, -0.2) is 8.78 Å². The predicted molar refractivity (Wildman–Crippen MR) is 56.3 cm³/mol. The van der Waals surface area contributed by atoms with E-state index >= 15 is 0 Å². The first kappa shape index (κ1) is 12.8. The summed E-state index contributed by atoms with van der Waals surface area (Å²) in [5.41, 5.74) is -1.01. The second-order valence-corrected chi connectivity index (χ2v) is 4.22. The average molecular weight is 221 g/mol. The molecular formula is C11H21F2NO. The van der Waals surface area contributed by atoms with E-state index in [1.165, 1.54) is 0 Å². The zero-order valence-electron chi connectivity index (χ0n) is 9.56. The van der Waals surface area contributed by atoms with E-state index in [0.29, 0.717) is 26.0 Å². The number of alkyl halides is 2. The Balaban J connectivity index is 2.62. The first-order valence-corrected chi connectivity index (χ1v) is 5.79. The van der Waals surface area contributed by atoms with E-state index in [1.54, 1.807) is 0 Å². The molecule has 0 saturated carbocycles. The molecule has 4 heteroatoms. The number of rotatable bonds is 5. The van der Waals surface area contributed by atoms with E-state index in [0.717, 1.165) is 12.8 Å². The summed E-state index contributed by atoms with van der Waals surface area (Å²) in [6.07, 6.45) is 0.402. The summed E-state index contributed by atoms with van der Waals surface area (Å²) in [6.45, 7) is 4.95. The van der Waals surface area contributed by atoms with Crippen LogP contribution in [0.4, 0.5) is 8.78 Å². The summed E-state index contributed by atoms with van der Waals surface area (Å²) in [5.74, 6) is 0. The third kappa shape index (κ3) is 3.11. The van der Waals surface area contributed by atoms with Gasteiger partial charge in [0.2, 0.25) is 0 Å². The van der Waals surface area contributed by atoms with Crippen LogP contribution in [0, 0.1) is 0 Å². The van der Waals surface area contributed by atoms with E-state index in [1.807, 2.05) is 6.92 Å². The lowest BCUT2D eigenvalue weighted by molar-refractivity contribution is -0.0853. The molecule has 0 aromatic rings. The fourth-order valence-corrected chi connectivity index (χ4v) is 2.27. The smallest absolute Gasteiger partial charge is 0.256 e. The van der Waals surface area contributed by atoms with E-state index in [-0.39, 0.29) is 6.10 Å². The molecule has 0 aromatic heterocycles. The molecule has 1 aliphatic heterocycles. The lowest BCUT2D eigenvalue weighted by atomic mass is 9.85. The van der Waals surface area contributed by atoms with Crippen molar-refractivity contribution in [2.45, 2.75) is 57.6 Å². The van der Waals surface area contributed by atoms with Gasteiger partial charge in [-0.2, -0.15) is 0 Å². The molecule has 1 fully saturated rings. The van der Waals surface area contributed by atoms with Gasteiger partial charge in [0.05, 0.1) is 11.6 Å². The van der Waals surface area contributed by atoms with Gasteiger partial charge in [-0.1, -0.05) is 20.3 Å². The summed E-state index contributed by atoms with van der Waals surface area (Å²) in [4.78, 5) is 0. The van der Waals surface area contributed by atoms with Crippen molar-refractivity contribution < 1.29 is 13.5 Å². The van der Waals surface area contributed by atoms with Crippen LogP contribution in [0.25, 0.3) is 0 Å². The van der Waals surface area contributed by atoms with Gasteiger partial charge in [0.1, 0.15) is 0 Å². The first-order valence-electron chi connectivity index (χ1n) is 5.79. The van der Waals surface area contributed by atoms with Crippen molar-refractivity contribution in [1.82, 2.24) is 5.32 Å². The maximum atomic E-state index is 13.1. The van der Waals surface area contributed by atoms with E-state index < -0.39 is 12.0 Å². The molecule has 0 bridgehead atoms. The van der Waals surface area contributed by atoms with Gasteiger partial charge >= 0.3 is 0 Å². The van der Waals surface area contributed by atoms with E-state index in [4.69, 9.17) is 4.74 Å². The summed E-state index contributed by atoms with van der Waals surface area (Å²) in [6, 6.07) is 0. The second-order valence-electron chi connectivity index (χ2n) is 4.22. The van der Waals surface area contributed by atoms with Crippen LogP contribution in [0.3, 0.4) is 0 Å².